The fourth-order valence-corrected chi connectivity index (χ4v) is 7.61. The van der Waals surface area contributed by atoms with Crippen LogP contribution in [0.1, 0.15) is 61.5 Å². The van der Waals surface area contributed by atoms with Gasteiger partial charge in [0.25, 0.3) is 0 Å². The van der Waals surface area contributed by atoms with Crippen molar-refractivity contribution in [3.05, 3.63) is 94.2 Å². The van der Waals surface area contributed by atoms with E-state index in [9.17, 15) is 0 Å². The zero-order valence-electron chi connectivity index (χ0n) is 21.2. The summed E-state index contributed by atoms with van der Waals surface area (Å²) in [5, 5.41) is 10.4. The molecule has 2 heteroatoms. The number of hydrogen-bond donors (Lipinski definition) is 0. The van der Waals surface area contributed by atoms with E-state index in [0.717, 1.165) is 12.8 Å². The molecular weight excluding hydrogens is 473 g/mol. The molecule has 0 aliphatic heterocycles. The van der Waals surface area contributed by atoms with Gasteiger partial charge in [-0.3, -0.25) is 0 Å². The van der Waals surface area contributed by atoms with Gasteiger partial charge >= 0.3 is 0 Å². The van der Waals surface area contributed by atoms with Crippen LogP contribution in [-0.4, -0.2) is 0 Å². The first-order chi connectivity index (χ1) is 17.8. The first-order valence-electron chi connectivity index (χ1n) is 13.6. The van der Waals surface area contributed by atoms with Crippen LogP contribution in [0.25, 0.3) is 41.7 Å². The lowest BCUT2D eigenvalue weighted by molar-refractivity contribution is 0.607. The number of benzene rings is 4. The summed E-state index contributed by atoms with van der Waals surface area (Å²) in [6.07, 6.45) is 11.7. The zero-order valence-corrected chi connectivity index (χ0v) is 22.8. The smallest absolute Gasteiger partial charge is 0.0424 e. The summed E-state index contributed by atoms with van der Waals surface area (Å²) < 4.78 is 2.84. The first-order valence-corrected chi connectivity index (χ1v) is 15.3. The summed E-state index contributed by atoms with van der Waals surface area (Å²) in [7, 11) is 0. The highest BCUT2D eigenvalue weighted by molar-refractivity contribution is 7.20. The van der Waals surface area contributed by atoms with Crippen LogP contribution in [0.4, 0.5) is 0 Å². The van der Waals surface area contributed by atoms with Crippen LogP contribution >= 0.6 is 22.7 Å². The Bertz CT molecular complexity index is 1610. The number of rotatable bonds is 10. The second-order valence-corrected chi connectivity index (χ2v) is 12.3. The maximum atomic E-state index is 2.42. The fraction of sp³-hybridized carbons (Fsp3) is 0.294. The molecule has 0 N–H and O–H groups in total. The minimum Gasteiger partial charge on any atom is -0.143 e. The molecule has 0 unspecified atom stereocenters. The Labute approximate surface area is 222 Å². The first kappa shape index (κ1) is 23.7. The summed E-state index contributed by atoms with van der Waals surface area (Å²) in [5.41, 5.74) is 2.95. The van der Waals surface area contributed by atoms with Crippen LogP contribution in [0, 0.1) is 0 Å². The monoisotopic (exact) mass is 506 g/mol. The van der Waals surface area contributed by atoms with E-state index in [4.69, 9.17) is 0 Å². The van der Waals surface area contributed by atoms with Gasteiger partial charge in [0.15, 0.2) is 0 Å². The second-order valence-electron chi connectivity index (χ2n) is 10.2. The van der Waals surface area contributed by atoms with E-state index >= 15 is 0 Å². The lowest BCUT2D eigenvalue weighted by Gasteiger charge is -2.05. The van der Waals surface area contributed by atoms with Gasteiger partial charge in [0.2, 0.25) is 0 Å². The average Bonchev–Trinajstić information content (AvgIpc) is 3.56. The Balaban J connectivity index is 1.15. The van der Waals surface area contributed by atoms with Gasteiger partial charge in [0.1, 0.15) is 0 Å². The van der Waals surface area contributed by atoms with Crippen LogP contribution < -0.4 is 0 Å². The van der Waals surface area contributed by atoms with Crippen molar-refractivity contribution in [1.29, 1.82) is 0 Å². The third kappa shape index (κ3) is 4.94. The highest BCUT2D eigenvalue weighted by Crippen LogP contribution is 2.38. The van der Waals surface area contributed by atoms with Gasteiger partial charge in [-0.05, 0) is 88.0 Å². The van der Waals surface area contributed by atoms with E-state index in [1.807, 2.05) is 22.7 Å². The van der Waals surface area contributed by atoms with Gasteiger partial charge in [0, 0.05) is 25.0 Å². The Hall–Kier alpha value is -2.68. The van der Waals surface area contributed by atoms with E-state index in [-0.39, 0.29) is 0 Å². The van der Waals surface area contributed by atoms with Gasteiger partial charge in [0.05, 0.1) is 0 Å². The van der Waals surface area contributed by atoms with E-state index in [0.29, 0.717) is 0 Å². The summed E-state index contributed by atoms with van der Waals surface area (Å²) in [4.78, 5) is 1.49. The van der Waals surface area contributed by atoms with E-state index in [1.165, 1.54) is 103 Å². The molecule has 0 nitrogen and oxygen atoms in total. The lowest BCUT2D eigenvalue weighted by Crippen LogP contribution is -1.91. The highest BCUT2D eigenvalue weighted by atomic mass is 32.1. The fourth-order valence-electron chi connectivity index (χ4n) is 5.50. The summed E-state index contributed by atoms with van der Waals surface area (Å²) >= 11 is 3.83. The van der Waals surface area contributed by atoms with Crippen LogP contribution in [0.3, 0.4) is 0 Å². The number of hydrogen-bond acceptors (Lipinski definition) is 2. The Morgan fingerprint density at radius 1 is 0.528 bits per heavy atom. The van der Waals surface area contributed by atoms with Crippen LogP contribution in [-0.2, 0) is 19.3 Å². The maximum Gasteiger partial charge on any atom is 0.0424 e. The summed E-state index contributed by atoms with van der Waals surface area (Å²) in [5.74, 6) is 0. The predicted octanol–water partition coefficient (Wildman–Crippen LogP) is 11.1. The third-order valence-corrected chi connectivity index (χ3v) is 9.81. The SMILES string of the molecule is CCCCCCCCc1ccc(CCc2cc3ccc4cc5c(ccc6ccsc65)cc4c3s2)cc1. The van der Waals surface area contributed by atoms with Gasteiger partial charge < -0.3 is 0 Å². The standard InChI is InChI=1S/C34H34S2/c1-2-3-4-5-6-7-8-24-9-11-25(12-10-24)13-18-30-21-29-17-16-28-22-31-27(23-32(28)34(29)36-30)15-14-26-19-20-35-33(26)31/h9-12,14-17,19-23H,2-8,13,18H2,1H3. The van der Waals surface area contributed by atoms with Crippen molar-refractivity contribution in [3.8, 4) is 0 Å². The van der Waals surface area contributed by atoms with Crippen LogP contribution in [0.5, 0.6) is 0 Å². The molecule has 0 saturated heterocycles. The lowest BCUT2D eigenvalue weighted by atomic mass is 10.0. The Kier molecular flexibility index (Phi) is 7.07. The molecular formula is C34H34S2. The molecule has 2 heterocycles. The largest absolute Gasteiger partial charge is 0.143 e. The predicted molar refractivity (Wildman–Crippen MR) is 163 cm³/mol. The molecule has 4 aromatic carbocycles. The van der Waals surface area contributed by atoms with E-state index < -0.39 is 0 Å². The molecule has 0 bridgehead atoms. The molecule has 6 rings (SSSR count). The van der Waals surface area contributed by atoms with Crippen molar-refractivity contribution in [3.63, 3.8) is 0 Å². The molecule has 2 aromatic heterocycles. The molecule has 6 aromatic rings. The van der Waals surface area contributed by atoms with Crippen molar-refractivity contribution in [1.82, 2.24) is 0 Å². The number of unbranched alkanes of at least 4 members (excludes halogenated alkanes) is 5. The minimum absolute atomic E-state index is 1.11. The topological polar surface area (TPSA) is 0 Å². The van der Waals surface area contributed by atoms with E-state index in [2.05, 4.69) is 85.1 Å². The average molecular weight is 507 g/mol. The number of fused-ring (bicyclic) bond motifs is 6. The van der Waals surface area contributed by atoms with Crippen molar-refractivity contribution < 1.29 is 0 Å². The van der Waals surface area contributed by atoms with Gasteiger partial charge in [-0.1, -0.05) is 87.6 Å². The van der Waals surface area contributed by atoms with Crippen molar-refractivity contribution in [2.45, 2.75) is 64.7 Å². The van der Waals surface area contributed by atoms with Gasteiger partial charge in [-0.25, -0.2) is 0 Å². The van der Waals surface area contributed by atoms with Crippen molar-refractivity contribution in [2.24, 2.45) is 0 Å². The molecule has 0 amide bonds. The molecule has 0 spiro atoms. The maximum absolute atomic E-state index is 2.42. The molecule has 0 radical (unpaired) electrons. The van der Waals surface area contributed by atoms with E-state index in [1.54, 1.807) is 0 Å². The normalized spacial score (nSPS) is 11.9. The minimum atomic E-state index is 1.11. The van der Waals surface area contributed by atoms with Crippen LogP contribution in [0.2, 0.25) is 0 Å². The van der Waals surface area contributed by atoms with Gasteiger partial charge in [-0.15, -0.1) is 22.7 Å². The highest BCUT2D eigenvalue weighted by Gasteiger charge is 2.10. The quantitative estimate of drug-likeness (QED) is 0.128. The third-order valence-electron chi connectivity index (χ3n) is 7.61. The molecule has 0 aliphatic carbocycles. The molecule has 182 valence electrons. The van der Waals surface area contributed by atoms with Crippen molar-refractivity contribution in [2.75, 3.05) is 0 Å². The zero-order chi connectivity index (χ0) is 24.3. The molecule has 0 aliphatic rings. The summed E-state index contributed by atoms with van der Waals surface area (Å²) in [6.45, 7) is 2.29. The summed E-state index contributed by atoms with van der Waals surface area (Å²) in [6, 6.07) is 28.0. The van der Waals surface area contributed by atoms with Gasteiger partial charge in [-0.2, -0.15) is 0 Å². The number of thiophene rings is 2. The molecule has 0 fully saturated rings. The Morgan fingerprint density at radius 3 is 1.94 bits per heavy atom. The molecule has 0 saturated carbocycles. The second kappa shape index (κ2) is 10.7. The Morgan fingerprint density at radius 2 is 1.17 bits per heavy atom. The molecule has 0 atom stereocenters. The van der Waals surface area contributed by atoms with Crippen LogP contribution in [0.15, 0.2) is 78.2 Å². The number of aryl methyl sites for hydroxylation is 3. The molecule has 36 heavy (non-hydrogen) atoms. The van der Waals surface area contributed by atoms with Crippen molar-refractivity contribution >= 4 is 64.4 Å².